The summed E-state index contributed by atoms with van der Waals surface area (Å²) in [6.45, 7) is 6.81. The van der Waals surface area contributed by atoms with E-state index in [0.29, 0.717) is 17.6 Å². The number of thiophene rings is 1. The normalized spacial score (nSPS) is 12.1. The molecule has 48 heavy (non-hydrogen) atoms. The van der Waals surface area contributed by atoms with Gasteiger partial charge in [0.1, 0.15) is 0 Å². The Hall–Kier alpha value is -5.65. The maximum absolute atomic E-state index is 5.20. The first kappa shape index (κ1) is 28.6. The molecule has 3 heterocycles. The number of hydrogen-bond donors (Lipinski definition) is 0. The van der Waals surface area contributed by atoms with Crippen LogP contribution in [0.25, 0.3) is 81.8 Å². The second-order valence-electron chi connectivity index (χ2n) is 13.3. The largest absolute Gasteiger partial charge is 0.276 e. The first-order chi connectivity index (χ1) is 23.4. The van der Waals surface area contributed by atoms with Gasteiger partial charge in [0.15, 0.2) is 11.6 Å². The van der Waals surface area contributed by atoms with Crippen LogP contribution in [0.1, 0.15) is 26.3 Å². The topological polar surface area (TPSA) is 43.6 Å². The van der Waals surface area contributed by atoms with Gasteiger partial charge in [0.05, 0.1) is 15.7 Å². The predicted molar refractivity (Wildman–Crippen MR) is 202 cm³/mol. The van der Waals surface area contributed by atoms with Gasteiger partial charge >= 0.3 is 0 Å². The third-order valence-corrected chi connectivity index (χ3v) is 10.4. The molecule has 0 aliphatic rings. The van der Waals surface area contributed by atoms with Crippen LogP contribution in [0, 0.1) is 0 Å². The molecule has 0 saturated heterocycles. The monoisotopic (exact) mass is 636 g/mol. The fraction of sp³-hybridized carbons (Fsp3) is 0.0930. The minimum Gasteiger partial charge on any atom is -0.276 e. The Morgan fingerprint density at radius 3 is 1.73 bits per heavy atom. The van der Waals surface area contributed by atoms with Crippen molar-refractivity contribution in [2.45, 2.75) is 26.2 Å². The summed E-state index contributed by atoms with van der Waals surface area (Å²) in [5.41, 5.74) is 7.85. The van der Waals surface area contributed by atoms with Crippen molar-refractivity contribution in [2.24, 2.45) is 0 Å². The van der Waals surface area contributed by atoms with E-state index in [0.717, 1.165) is 22.2 Å². The highest BCUT2D eigenvalue weighted by Crippen LogP contribution is 2.44. The Balaban J connectivity index is 1.39. The van der Waals surface area contributed by atoms with Crippen molar-refractivity contribution < 1.29 is 0 Å². The molecule has 0 saturated carbocycles. The smallest absolute Gasteiger partial charge is 0.238 e. The summed E-state index contributed by atoms with van der Waals surface area (Å²) in [5, 5.41) is 4.89. The lowest BCUT2D eigenvalue weighted by molar-refractivity contribution is 0.591. The van der Waals surface area contributed by atoms with Gasteiger partial charge in [-0.05, 0) is 46.4 Å². The summed E-state index contributed by atoms with van der Waals surface area (Å²) in [6, 6.07) is 49.3. The highest BCUT2D eigenvalue weighted by atomic mass is 32.1. The Morgan fingerprint density at radius 1 is 0.500 bits per heavy atom. The number of benzene rings is 6. The van der Waals surface area contributed by atoms with Gasteiger partial charge in [-0.1, -0.05) is 136 Å². The van der Waals surface area contributed by atoms with E-state index < -0.39 is 0 Å². The number of rotatable bonds is 4. The maximum atomic E-state index is 5.20. The molecular weight excluding hydrogens is 605 g/mol. The molecule has 0 atom stereocenters. The Labute approximate surface area is 283 Å². The molecule has 4 nitrogen and oxygen atoms in total. The van der Waals surface area contributed by atoms with Crippen LogP contribution in [0.2, 0.25) is 0 Å². The molecule has 6 aromatic carbocycles. The molecule has 9 aromatic rings. The van der Waals surface area contributed by atoms with Gasteiger partial charge in [-0.25, -0.2) is 4.98 Å². The molecule has 0 amide bonds. The molecule has 0 radical (unpaired) electrons. The van der Waals surface area contributed by atoms with Crippen LogP contribution in [-0.4, -0.2) is 19.5 Å². The molecule has 0 aliphatic carbocycles. The predicted octanol–water partition coefficient (Wildman–Crippen LogP) is 11.6. The highest BCUT2D eigenvalue weighted by Gasteiger charge is 2.23. The lowest BCUT2D eigenvalue weighted by Gasteiger charge is -2.19. The van der Waals surface area contributed by atoms with Crippen LogP contribution in [0.4, 0.5) is 0 Å². The molecule has 0 unspecified atom stereocenters. The third kappa shape index (κ3) is 4.70. The number of aromatic nitrogens is 4. The van der Waals surface area contributed by atoms with Gasteiger partial charge in [0, 0.05) is 37.4 Å². The molecule has 230 valence electrons. The molecule has 9 rings (SSSR count). The quantitative estimate of drug-likeness (QED) is 0.193. The average molecular weight is 637 g/mol. The number of hydrogen-bond acceptors (Lipinski definition) is 4. The van der Waals surface area contributed by atoms with Crippen LogP contribution in [0.15, 0.2) is 140 Å². The standard InChI is InChI=1S/C43H32N4S/c1-43(2,3)31-20-23-36-34(26-31)32-21-22-33-35-25-30(27-13-7-4-8-14-27)19-24-37(35)48-39(33)38(32)47(36)42-45-40(28-15-9-5-10-16-28)44-41(46-42)29-17-11-6-12-18-29/h4-26H,1-3H3. The van der Waals surface area contributed by atoms with Gasteiger partial charge in [0.25, 0.3) is 0 Å². The number of fused-ring (bicyclic) bond motifs is 7. The second kappa shape index (κ2) is 11.0. The zero-order valence-corrected chi connectivity index (χ0v) is 27.8. The average Bonchev–Trinajstić information content (AvgIpc) is 3.67. The Bertz CT molecular complexity index is 2570. The van der Waals surface area contributed by atoms with E-state index in [4.69, 9.17) is 15.0 Å². The van der Waals surface area contributed by atoms with Crippen molar-refractivity contribution in [3.63, 3.8) is 0 Å². The van der Waals surface area contributed by atoms with Crippen molar-refractivity contribution in [1.82, 2.24) is 19.5 Å². The Kier molecular flexibility index (Phi) is 6.53. The van der Waals surface area contributed by atoms with E-state index in [2.05, 4.69) is 128 Å². The van der Waals surface area contributed by atoms with Crippen molar-refractivity contribution in [1.29, 1.82) is 0 Å². The SMILES string of the molecule is CC(C)(C)c1ccc2c(c1)c1ccc3c4cc(-c5ccccc5)ccc4sc3c1n2-c1nc(-c2ccccc2)nc(-c2ccccc2)n1. The summed E-state index contributed by atoms with van der Waals surface area (Å²) < 4.78 is 4.76. The fourth-order valence-electron chi connectivity index (χ4n) is 6.71. The zero-order valence-electron chi connectivity index (χ0n) is 27.0. The lowest BCUT2D eigenvalue weighted by atomic mass is 9.86. The van der Waals surface area contributed by atoms with Crippen molar-refractivity contribution in [3.05, 3.63) is 145 Å². The molecule has 0 bridgehead atoms. The molecule has 0 aliphatic heterocycles. The van der Waals surface area contributed by atoms with Crippen LogP contribution >= 0.6 is 11.3 Å². The third-order valence-electron chi connectivity index (χ3n) is 9.23. The highest BCUT2D eigenvalue weighted by molar-refractivity contribution is 7.26. The molecule has 3 aromatic heterocycles. The minimum absolute atomic E-state index is 0.00624. The molecule has 5 heteroatoms. The van der Waals surface area contributed by atoms with Crippen molar-refractivity contribution in [2.75, 3.05) is 0 Å². The summed E-state index contributed by atoms with van der Waals surface area (Å²) in [6.07, 6.45) is 0. The second-order valence-corrected chi connectivity index (χ2v) is 14.4. The molecule has 0 fully saturated rings. The van der Waals surface area contributed by atoms with E-state index in [1.54, 1.807) is 0 Å². The van der Waals surface area contributed by atoms with Gasteiger partial charge in [0.2, 0.25) is 5.95 Å². The first-order valence-corrected chi connectivity index (χ1v) is 17.1. The summed E-state index contributed by atoms with van der Waals surface area (Å²) in [7, 11) is 0. The molecule has 0 spiro atoms. The first-order valence-electron chi connectivity index (χ1n) is 16.3. The zero-order chi connectivity index (χ0) is 32.4. The molecule has 0 N–H and O–H groups in total. The summed E-state index contributed by atoms with van der Waals surface area (Å²) >= 11 is 1.84. The Morgan fingerprint density at radius 2 is 1.10 bits per heavy atom. The maximum Gasteiger partial charge on any atom is 0.238 e. The van der Waals surface area contributed by atoms with Crippen LogP contribution in [-0.2, 0) is 5.41 Å². The van der Waals surface area contributed by atoms with Crippen molar-refractivity contribution >= 4 is 53.3 Å². The van der Waals surface area contributed by atoms with Gasteiger partial charge in [-0.2, -0.15) is 9.97 Å². The number of nitrogens with zero attached hydrogens (tertiary/aromatic N) is 4. The van der Waals surface area contributed by atoms with Crippen LogP contribution < -0.4 is 0 Å². The fourth-order valence-corrected chi connectivity index (χ4v) is 7.94. The van der Waals surface area contributed by atoms with Gasteiger partial charge in [-0.3, -0.25) is 4.57 Å². The van der Waals surface area contributed by atoms with E-state index in [9.17, 15) is 0 Å². The van der Waals surface area contributed by atoms with Crippen LogP contribution in [0.5, 0.6) is 0 Å². The summed E-state index contributed by atoms with van der Waals surface area (Å²) in [4.78, 5) is 15.4. The van der Waals surface area contributed by atoms with Crippen LogP contribution in [0.3, 0.4) is 0 Å². The lowest BCUT2D eigenvalue weighted by Crippen LogP contribution is -2.10. The van der Waals surface area contributed by atoms with Crippen molar-refractivity contribution in [3.8, 4) is 39.9 Å². The van der Waals surface area contributed by atoms with E-state index in [1.807, 2.05) is 47.7 Å². The van der Waals surface area contributed by atoms with Gasteiger partial charge in [-0.15, -0.1) is 11.3 Å². The van der Waals surface area contributed by atoms with E-state index >= 15 is 0 Å². The van der Waals surface area contributed by atoms with E-state index in [-0.39, 0.29) is 5.41 Å². The minimum atomic E-state index is 0.00624. The van der Waals surface area contributed by atoms with E-state index in [1.165, 1.54) is 47.6 Å². The molecular formula is C43H32N4S. The summed E-state index contributed by atoms with van der Waals surface area (Å²) in [5.74, 6) is 1.91. The van der Waals surface area contributed by atoms with Gasteiger partial charge < -0.3 is 0 Å².